The van der Waals surface area contributed by atoms with E-state index < -0.39 is 6.09 Å². The zero-order chi connectivity index (χ0) is 19.8. The lowest BCUT2D eigenvalue weighted by molar-refractivity contribution is -0.132. The van der Waals surface area contributed by atoms with Crippen LogP contribution in [0.1, 0.15) is 55.7 Å². The summed E-state index contributed by atoms with van der Waals surface area (Å²) >= 11 is 0. The Morgan fingerprint density at radius 3 is 2.71 bits per heavy atom. The zero-order valence-corrected chi connectivity index (χ0v) is 16.2. The summed E-state index contributed by atoms with van der Waals surface area (Å²) in [6.07, 6.45) is 2.72. The van der Waals surface area contributed by atoms with E-state index in [1.807, 2.05) is 42.2 Å². The van der Waals surface area contributed by atoms with E-state index in [2.05, 4.69) is 20.5 Å². The highest BCUT2D eigenvalue weighted by atomic mass is 16.5. The maximum atomic E-state index is 12.0. The molecule has 2 aromatic rings. The van der Waals surface area contributed by atoms with Gasteiger partial charge in [0, 0.05) is 25.4 Å². The van der Waals surface area contributed by atoms with Crippen molar-refractivity contribution in [2.24, 2.45) is 0 Å². The first-order valence-electron chi connectivity index (χ1n) is 9.79. The molecule has 0 aliphatic carbocycles. The summed E-state index contributed by atoms with van der Waals surface area (Å²) in [7, 11) is 0. The maximum absolute atomic E-state index is 12.0. The van der Waals surface area contributed by atoms with Crippen molar-refractivity contribution in [1.29, 1.82) is 0 Å². The van der Waals surface area contributed by atoms with Crippen LogP contribution in [-0.4, -0.2) is 45.2 Å². The van der Waals surface area contributed by atoms with Gasteiger partial charge in [0.05, 0.1) is 6.54 Å². The van der Waals surface area contributed by atoms with Gasteiger partial charge in [-0.2, -0.15) is 5.10 Å². The van der Waals surface area contributed by atoms with Gasteiger partial charge in [-0.1, -0.05) is 37.3 Å². The van der Waals surface area contributed by atoms with E-state index in [1.165, 1.54) is 0 Å². The van der Waals surface area contributed by atoms with E-state index >= 15 is 0 Å². The van der Waals surface area contributed by atoms with Crippen LogP contribution >= 0.6 is 0 Å². The Morgan fingerprint density at radius 1 is 1.25 bits per heavy atom. The molecule has 3 rings (SSSR count). The summed E-state index contributed by atoms with van der Waals surface area (Å²) in [5, 5.41) is 9.83. The first-order valence-corrected chi connectivity index (χ1v) is 9.79. The second-order valence-electron chi connectivity index (χ2n) is 6.96. The molecule has 1 aliphatic heterocycles. The third-order valence-corrected chi connectivity index (χ3v) is 4.84. The predicted molar refractivity (Wildman–Crippen MR) is 103 cm³/mol. The summed E-state index contributed by atoms with van der Waals surface area (Å²) in [6.45, 7) is 3.97. The number of rotatable bonds is 7. The Balaban J connectivity index is 1.41. The van der Waals surface area contributed by atoms with Crippen LogP contribution in [0, 0.1) is 0 Å². The molecule has 1 aromatic heterocycles. The van der Waals surface area contributed by atoms with Crippen molar-refractivity contribution in [2.45, 2.75) is 51.7 Å². The zero-order valence-electron chi connectivity index (χ0n) is 16.2. The van der Waals surface area contributed by atoms with Crippen molar-refractivity contribution in [3.8, 4) is 0 Å². The fourth-order valence-electron chi connectivity index (χ4n) is 3.26. The SMILES string of the molecule is CCCC(=O)N1CCC(c2n[nH]c(CNC(=O)OCc3ccccc3)n2)CC1. The minimum absolute atomic E-state index is 0.226. The van der Waals surface area contributed by atoms with Gasteiger partial charge in [-0.25, -0.2) is 9.78 Å². The van der Waals surface area contributed by atoms with E-state index in [-0.39, 0.29) is 25.0 Å². The average molecular weight is 385 g/mol. The normalized spacial score (nSPS) is 14.7. The second kappa shape index (κ2) is 9.87. The average Bonchev–Trinajstić information content (AvgIpc) is 3.21. The fourth-order valence-corrected chi connectivity index (χ4v) is 3.26. The van der Waals surface area contributed by atoms with Gasteiger partial charge in [0.25, 0.3) is 0 Å². The number of carbonyl (C=O) groups excluding carboxylic acids is 2. The van der Waals surface area contributed by atoms with E-state index in [4.69, 9.17) is 4.74 Å². The summed E-state index contributed by atoms with van der Waals surface area (Å²) in [5.41, 5.74) is 0.934. The Morgan fingerprint density at radius 2 is 2.00 bits per heavy atom. The molecule has 0 saturated carbocycles. The van der Waals surface area contributed by atoms with Crippen LogP contribution in [0.15, 0.2) is 30.3 Å². The molecule has 28 heavy (non-hydrogen) atoms. The number of aromatic nitrogens is 3. The predicted octanol–water partition coefficient (Wildman–Crippen LogP) is 2.74. The van der Waals surface area contributed by atoms with Gasteiger partial charge in [-0.05, 0) is 24.8 Å². The molecule has 150 valence electrons. The van der Waals surface area contributed by atoms with Gasteiger partial charge in [-0.3, -0.25) is 9.89 Å². The molecule has 2 N–H and O–H groups in total. The topological polar surface area (TPSA) is 100 Å². The first kappa shape index (κ1) is 19.9. The van der Waals surface area contributed by atoms with Crippen LogP contribution in [-0.2, 0) is 22.7 Å². The highest BCUT2D eigenvalue weighted by molar-refractivity contribution is 5.76. The van der Waals surface area contributed by atoms with Crippen molar-refractivity contribution in [2.75, 3.05) is 13.1 Å². The van der Waals surface area contributed by atoms with E-state index in [9.17, 15) is 9.59 Å². The number of ether oxygens (including phenoxy) is 1. The quantitative estimate of drug-likeness (QED) is 0.763. The van der Waals surface area contributed by atoms with E-state index in [0.29, 0.717) is 12.2 Å². The molecule has 0 unspecified atom stereocenters. The lowest BCUT2D eigenvalue weighted by Gasteiger charge is -2.30. The smallest absolute Gasteiger partial charge is 0.407 e. The fraction of sp³-hybridized carbons (Fsp3) is 0.500. The van der Waals surface area contributed by atoms with Crippen LogP contribution in [0.5, 0.6) is 0 Å². The molecule has 0 bridgehead atoms. The van der Waals surface area contributed by atoms with Gasteiger partial charge in [-0.15, -0.1) is 0 Å². The largest absolute Gasteiger partial charge is 0.445 e. The van der Waals surface area contributed by atoms with E-state index in [1.54, 1.807) is 0 Å². The lowest BCUT2D eigenvalue weighted by atomic mass is 9.96. The maximum Gasteiger partial charge on any atom is 0.407 e. The van der Waals surface area contributed by atoms with Gasteiger partial charge < -0.3 is 15.0 Å². The number of hydrogen-bond acceptors (Lipinski definition) is 5. The standard InChI is InChI=1S/C20H27N5O3/c1-2-6-18(26)25-11-9-16(10-12-25)19-22-17(23-24-19)13-21-20(27)28-14-15-7-4-3-5-8-15/h3-5,7-8,16H,2,6,9-14H2,1H3,(H,21,27)(H,22,23,24). The van der Waals surface area contributed by atoms with Gasteiger partial charge in [0.15, 0.2) is 5.82 Å². The Hall–Kier alpha value is -2.90. The number of nitrogens with zero attached hydrogens (tertiary/aromatic N) is 3. The minimum atomic E-state index is -0.496. The van der Waals surface area contributed by atoms with Crippen LogP contribution < -0.4 is 5.32 Å². The molecule has 1 saturated heterocycles. The lowest BCUT2D eigenvalue weighted by Crippen LogP contribution is -2.37. The third kappa shape index (κ3) is 5.55. The molecule has 8 nitrogen and oxygen atoms in total. The molecule has 1 fully saturated rings. The molecule has 0 spiro atoms. The summed E-state index contributed by atoms with van der Waals surface area (Å²) in [4.78, 5) is 30.2. The van der Waals surface area contributed by atoms with Crippen molar-refractivity contribution >= 4 is 12.0 Å². The number of nitrogens with one attached hydrogen (secondary N) is 2. The number of likely N-dealkylation sites (tertiary alicyclic amines) is 1. The van der Waals surface area contributed by atoms with Gasteiger partial charge in [0.1, 0.15) is 12.4 Å². The summed E-state index contributed by atoms with van der Waals surface area (Å²) in [6, 6.07) is 9.51. The number of H-pyrrole nitrogens is 1. The van der Waals surface area contributed by atoms with Crippen LogP contribution in [0.2, 0.25) is 0 Å². The van der Waals surface area contributed by atoms with Gasteiger partial charge >= 0.3 is 6.09 Å². The number of alkyl carbamates (subject to hydrolysis) is 1. The van der Waals surface area contributed by atoms with Crippen LogP contribution in [0.4, 0.5) is 4.79 Å². The summed E-state index contributed by atoms with van der Waals surface area (Å²) < 4.78 is 5.18. The number of piperidine rings is 1. The van der Waals surface area contributed by atoms with Crippen LogP contribution in [0.3, 0.4) is 0 Å². The number of aromatic amines is 1. The Bertz CT molecular complexity index is 769. The number of amides is 2. The highest BCUT2D eigenvalue weighted by Gasteiger charge is 2.25. The van der Waals surface area contributed by atoms with Crippen molar-refractivity contribution in [3.63, 3.8) is 0 Å². The Kier molecular flexibility index (Phi) is 7.00. The monoisotopic (exact) mass is 385 g/mol. The molecule has 1 aliphatic rings. The molecule has 0 radical (unpaired) electrons. The number of benzene rings is 1. The molecular weight excluding hydrogens is 358 g/mol. The Labute approximate surface area is 164 Å². The minimum Gasteiger partial charge on any atom is -0.445 e. The summed E-state index contributed by atoms with van der Waals surface area (Å²) in [5.74, 6) is 1.81. The molecule has 2 heterocycles. The van der Waals surface area contributed by atoms with Crippen LogP contribution in [0.25, 0.3) is 0 Å². The van der Waals surface area contributed by atoms with Crippen molar-refractivity contribution < 1.29 is 14.3 Å². The molecule has 1 aromatic carbocycles. The first-order chi connectivity index (χ1) is 13.7. The third-order valence-electron chi connectivity index (χ3n) is 4.84. The van der Waals surface area contributed by atoms with E-state index in [0.717, 1.165) is 43.7 Å². The molecule has 0 atom stereocenters. The van der Waals surface area contributed by atoms with Crippen molar-refractivity contribution in [3.05, 3.63) is 47.5 Å². The molecular formula is C20H27N5O3. The number of hydrogen-bond donors (Lipinski definition) is 2. The van der Waals surface area contributed by atoms with Gasteiger partial charge in [0.2, 0.25) is 5.91 Å². The number of carbonyl (C=O) groups is 2. The molecule has 2 amide bonds. The van der Waals surface area contributed by atoms with Crippen molar-refractivity contribution in [1.82, 2.24) is 25.4 Å². The highest BCUT2D eigenvalue weighted by Crippen LogP contribution is 2.25. The second-order valence-corrected chi connectivity index (χ2v) is 6.96. The molecule has 8 heteroatoms.